The minimum Gasteiger partial charge on any atom is -0.481 e. The Kier molecular flexibility index (Phi) is 7.40. The number of nitrogens with zero attached hydrogens (tertiary/aromatic N) is 1. The van der Waals surface area contributed by atoms with Gasteiger partial charge in [-0.05, 0) is 27.7 Å². The van der Waals surface area contributed by atoms with Crippen LogP contribution in [0.5, 0.6) is 0 Å². The van der Waals surface area contributed by atoms with Crippen molar-refractivity contribution in [3.63, 3.8) is 0 Å². The summed E-state index contributed by atoms with van der Waals surface area (Å²) in [5, 5.41) is 13.2. The Labute approximate surface area is 123 Å². The third-order valence-corrected chi connectivity index (χ3v) is 2.95. The Morgan fingerprint density at radius 2 is 1.62 bits per heavy atom. The summed E-state index contributed by atoms with van der Waals surface area (Å²) >= 11 is 0. The van der Waals surface area contributed by atoms with Gasteiger partial charge in [0.05, 0.1) is 12.0 Å². The molecule has 0 aromatic rings. The first-order valence-corrected chi connectivity index (χ1v) is 6.72. The molecule has 21 heavy (non-hydrogen) atoms. The lowest BCUT2D eigenvalue weighted by Crippen LogP contribution is -2.46. The number of carboxylic acids is 1. The molecule has 0 unspecified atom stereocenters. The fourth-order valence-electron chi connectivity index (χ4n) is 1.54. The number of hydrogen-bond acceptors (Lipinski definition) is 4. The third kappa shape index (κ3) is 6.73. The van der Waals surface area contributed by atoms with Gasteiger partial charge in [0.15, 0.2) is 0 Å². The zero-order valence-corrected chi connectivity index (χ0v) is 12.9. The lowest BCUT2D eigenvalue weighted by molar-refractivity contribution is -0.149. The summed E-state index contributed by atoms with van der Waals surface area (Å²) in [6.45, 7) is 7.25. The number of urea groups is 1. The van der Waals surface area contributed by atoms with Gasteiger partial charge in [-0.15, -0.1) is 0 Å². The number of aliphatic carboxylic acids is 1. The molecule has 120 valence electrons. The number of rotatable bonds is 7. The lowest BCUT2D eigenvalue weighted by atomic mass is 9.89. The molecule has 0 aromatic heterocycles. The molecule has 0 heterocycles. The Morgan fingerprint density at radius 1 is 1.10 bits per heavy atom. The van der Waals surface area contributed by atoms with Crippen LogP contribution >= 0.6 is 0 Å². The Balaban J connectivity index is 4.24. The average Bonchev–Trinajstić information content (AvgIpc) is 2.36. The molecule has 0 aromatic carbocycles. The Morgan fingerprint density at radius 3 is 2.05 bits per heavy atom. The molecule has 0 saturated heterocycles. The predicted molar refractivity (Wildman–Crippen MR) is 75.5 cm³/mol. The first-order chi connectivity index (χ1) is 9.63. The van der Waals surface area contributed by atoms with E-state index >= 15 is 0 Å². The molecule has 8 heteroatoms. The van der Waals surface area contributed by atoms with Gasteiger partial charge in [-0.25, -0.2) is 4.79 Å². The van der Waals surface area contributed by atoms with E-state index in [1.54, 1.807) is 0 Å². The second-order valence-electron chi connectivity index (χ2n) is 5.16. The maximum absolute atomic E-state index is 11.6. The summed E-state index contributed by atoms with van der Waals surface area (Å²) in [4.78, 5) is 47.0. The number of nitrogens with one attached hydrogen (secondary N) is 2. The highest BCUT2D eigenvalue weighted by molar-refractivity contribution is 5.97. The zero-order chi connectivity index (χ0) is 16.6. The zero-order valence-electron chi connectivity index (χ0n) is 12.9. The van der Waals surface area contributed by atoms with E-state index in [1.165, 1.54) is 18.7 Å². The quantitative estimate of drug-likeness (QED) is 0.620. The molecule has 0 fully saturated rings. The van der Waals surface area contributed by atoms with Crippen LogP contribution in [0, 0.1) is 5.41 Å². The summed E-state index contributed by atoms with van der Waals surface area (Å²) in [5.74, 6) is -2.10. The number of amides is 4. The summed E-state index contributed by atoms with van der Waals surface area (Å²) in [7, 11) is 0. The highest BCUT2D eigenvalue weighted by Gasteiger charge is 2.30. The highest BCUT2D eigenvalue weighted by atomic mass is 16.4. The second kappa shape index (κ2) is 8.23. The SMILES string of the molecule is CCN(CC)C(=O)CNC(=O)NC(=O)CC(C)(C)C(=O)O. The van der Waals surface area contributed by atoms with Gasteiger partial charge in [0.25, 0.3) is 0 Å². The van der Waals surface area contributed by atoms with Crippen molar-refractivity contribution in [3.05, 3.63) is 0 Å². The van der Waals surface area contributed by atoms with E-state index < -0.39 is 23.3 Å². The van der Waals surface area contributed by atoms with Gasteiger partial charge in [-0.1, -0.05) is 0 Å². The Hall–Kier alpha value is -2.12. The monoisotopic (exact) mass is 301 g/mol. The number of hydrogen-bond donors (Lipinski definition) is 3. The minimum absolute atomic E-state index is 0.219. The van der Waals surface area contributed by atoms with E-state index in [9.17, 15) is 19.2 Å². The van der Waals surface area contributed by atoms with E-state index in [0.717, 1.165) is 0 Å². The molecule has 0 aliphatic heterocycles. The first-order valence-electron chi connectivity index (χ1n) is 6.72. The van der Waals surface area contributed by atoms with Crippen LogP contribution in [0.25, 0.3) is 0 Å². The van der Waals surface area contributed by atoms with Crippen LogP contribution in [0.4, 0.5) is 4.79 Å². The minimum atomic E-state index is -1.26. The summed E-state index contributed by atoms with van der Waals surface area (Å²) in [6.07, 6.45) is -0.334. The molecule has 0 aliphatic rings. The van der Waals surface area contributed by atoms with E-state index in [0.29, 0.717) is 13.1 Å². The first kappa shape index (κ1) is 18.9. The van der Waals surface area contributed by atoms with Crippen LogP contribution in [0.3, 0.4) is 0 Å². The van der Waals surface area contributed by atoms with E-state index in [2.05, 4.69) is 5.32 Å². The van der Waals surface area contributed by atoms with Crippen LogP contribution in [-0.2, 0) is 14.4 Å². The van der Waals surface area contributed by atoms with Crippen molar-refractivity contribution < 1.29 is 24.3 Å². The fraction of sp³-hybridized carbons (Fsp3) is 0.692. The molecule has 0 saturated carbocycles. The van der Waals surface area contributed by atoms with Gasteiger partial charge in [0.2, 0.25) is 11.8 Å². The molecule has 4 amide bonds. The molecule has 8 nitrogen and oxygen atoms in total. The molecular weight excluding hydrogens is 278 g/mol. The van der Waals surface area contributed by atoms with Gasteiger partial charge >= 0.3 is 12.0 Å². The largest absolute Gasteiger partial charge is 0.481 e. The number of carbonyl (C=O) groups is 4. The van der Waals surface area contributed by atoms with Crippen molar-refractivity contribution in [3.8, 4) is 0 Å². The van der Waals surface area contributed by atoms with Crippen molar-refractivity contribution >= 4 is 23.8 Å². The van der Waals surface area contributed by atoms with E-state index in [1.807, 2.05) is 19.2 Å². The van der Waals surface area contributed by atoms with Gasteiger partial charge in [-0.3, -0.25) is 19.7 Å². The van der Waals surface area contributed by atoms with Crippen LogP contribution in [0.2, 0.25) is 0 Å². The van der Waals surface area contributed by atoms with Gasteiger partial charge in [-0.2, -0.15) is 0 Å². The molecule has 0 spiro atoms. The van der Waals surface area contributed by atoms with E-state index in [4.69, 9.17) is 5.11 Å². The molecule has 0 radical (unpaired) electrons. The second-order valence-corrected chi connectivity index (χ2v) is 5.16. The maximum atomic E-state index is 11.6. The standard InChI is InChI=1S/C13H23N3O5/c1-5-16(6-2)10(18)8-14-12(21)15-9(17)7-13(3,4)11(19)20/h5-8H2,1-4H3,(H,19,20)(H2,14,15,17,21). The molecule has 0 bridgehead atoms. The molecule has 0 rings (SSSR count). The predicted octanol–water partition coefficient (Wildman–Crippen LogP) is 0.182. The van der Waals surface area contributed by atoms with Crippen molar-refractivity contribution in [2.24, 2.45) is 5.41 Å². The van der Waals surface area contributed by atoms with Gasteiger partial charge < -0.3 is 15.3 Å². The smallest absolute Gasteiger partial charge is 0.321 e. The normalized spacial score (nSPS) is 10.7. The van der Waals surface area contributed by atoms with Crippen molar-refractivity contribution in [1.82, 2.24) is 15.5 Å². The van der Waals surface area contributed by atoms with Crippen LogP contribution in [0.15, 0.2) is 0 Å². The van der Waals surface area contributed by atoms with Crippen LogP contribution < -0.4 is 10.6 Å². The summed E-state index contributed by atoms with van der Waals surface area (Å²) in [6, 6.07) is -0.818. The van der Waals surface area contributed by atoms with Crippen molar-refractivity contribution in [2.45, 2.75) is 34.1 Å². The number of carbonyl (C=O) groups excluding carboxylic acids is 3. The van der Waals surface area contributed by atoms with Crippen LogP contribution in [-0.4, -0.2) is 53.5 Å². The molecule has 0 atom stereocenters. The topological polar surface area (TPSA) is 116 Å². The third-order valence-electron chi connectivity index (χ3n) is 2.95. The molecule has 0 aliphatic carbocycles. The number of imide groups is 1. The van der Waals surface area contributed by atoms with Gasteiger partial charge in [0.1, 0.15) is 0 Å². The highest BCUT2D eigenvalue weighted by Crippen LogP contribution is 2.19. The lowest BCUT2D eigenvalue weighted by Gasteiger charge is -2.19. The molecule has 3 N–H and O–H groups in total. The molecular formula is C13H23N3O5. The van der Waals surface area contributed by atoms with Gasteiger partial charge in [0, 0.05) is 19.5 Å². The number of likely N-dealkylation sites (N-methyl/N-ethyl adjacent to an activating group) is 1. The maximum Gasteiger partial charge on any atom is 0.321 e. The van der Waals surface area contributed by atoms with Crippen molar-refractivity contribution in [2.75, 3.05) is 19.6 Å². The number of carboxylic acid groups (broad SMARTS) is 1. The Bertz CT molecular complexity index is 416. The summed E-state index contributed by atoms with van der Waals surface area (Å²) < 4.78 is 0. The van der Waals surface area contributed by atoms with E-state index in [-0.39, 0.29) is 18.9 Å². The summed E-state index contributed by atoms with van der Waals surface area (Å²) in [5.41, 5.74) is -1.26. The van der Waals surface area contributed by atoms with Crippen LogP contribution in [0.1, 0.15) is 34.1 Å². The fourth-order valence-corrected chi connectivity index (χ4v) is 1.54. The average molecular weight is 301 g/mol. The van der Waals surface area contributed by atoms with Crippen molar-refractivity contribution in [1.29, 1.82) is 0 Å².